The highest BCUT2D eigenvalue weighted by molar-refractivity contribution is 5.78. The average Bonchev–Trinajstić information content (AvgIpc) is 2.99. The summed E-state index contributed by atoms with van der Waals surface area (Å²) < 4.78 is 16.4. The molecule has 0 spiro atoms. The lowest BCUT2D eigenvalue weighted by Crippen LogP contribution is -2.08. The molecule has 0 radical (unpaired) electrons. The summed E-state index contributed by atoms with van der Waals surface area (Å²) in [4.78, 5) is 4.55. The Labute approximate surface area is 176 Å². The molecule has 6 nitrogen and oxygen atoms in total. The van der Waals surface area contributed by atoms with Crippen molar-refractivity contribution in [1.82, 2.24) is 4.98 Å². The van der Waals surface area contributed by atoms with Crippen LogP contribution >= 0.6 is 0 Å². The second kappa shape index (κ2) is 8.69. The molecule has 1 heterocycles. The van der Waals surface area contributed by atoms with Gasteiger partial charge >= 0.3 is 0 Å². The molecule has 0 atom stereocenters. The largest absolute Gasteiger partial charge is 0.504 e. The fourth-order valence-electron chi connectivity index (χ4n) is 4.28. The number of methoxy groups -OCH3 is 2. The number of rotatable bonds is 6. The van der Waals surface area contributed by atoms with E-state index in [0.29, 0.717) is 31.2 Å². The van der Waals surface area contributed by atoms with E-state index in [4.69, 9.17) is 14.2 Å². The molecule has 0 saturated carbocycles. The maximum absolute atomic E-state index is 10.6. The number of aromatic nitrogens is 1. The van der Waals surface area contributed by atoms with Gasteiger partial charge in [0.1, 0.15) is 0 Å². The second-order valence-corrected chi connectivity index (χ2v) is 7.64. The molecule has 0 bridgehead atoms. The van der Waals surface area contributed by atoms with Gasteiger partial charge in [0.2, 0.25) is 17.4 Å². The van der Waals surface area contributed by atoms with E-state index >= 15 is 0 Å². The molecule has 1 aromatic heterocycles. The number of hydrogen-bond donors (Lipinski definition) is 2. The zero-order chi connectivity index (χ0) is 21.1. The van der Waals surface area contributed by atoms with Crippen molar-refractivity contribution >= 4 is 10.9 Å². The van der Waals surface area contributed by atoms with E-state index in [9.17, 15) is 10.2 Å². The number of para-hydroxylation sites is 1. The van der Waals surface area contributed by atoms with Crippen molar-refractivity contribution in [3.8, 4) is 28.9 Å². The third-order valence-corrected chi connectivity index (χ3v) is 5.93. The van der Waals surface area contributed by atoms with Crippen LogP contribution in [0.3, 0.4) is 0 Å². The number of hydrogen-bond acceptors (Lipinski definition) is 6. The summed E-state index contributed by atoms with van der Waals surface area (Å²) in [5.41, 5.74) is 2.43. The SMILES string of the molecule is COc1c(O)c2c(c(O)c1OC)CCC(CCOc1ccc3ccccc3n1)CC2. The Balaban J connectivity index is 1.41. The Bertz CT molecular complexity index is 1010. The fraction of sp³-hybridized carbons (Fsp3) is 0.375. The Morgan fingerprint density at radius 2 is 1.53 bits per heavy atom. The minimum atomic E-state index is 0.0689. The van der Waals surface area contributed by atoms with Gasteiger partial charge in [0.15, 0.2) is 11.5 Å². The Hall–Kier alpha value is -3.15. The minimum absolute atomic E-state index is 0.0689. The number of nitrogens with zero attached hydrogens (tertiary/aromatic N) is 1. The van der Waals surface area contributed by atoms with Gasteiger partial charge in [0.25, 0.3) is 0 Å². The summed E-state index contributed by atoms with van der Waals surface area (Å²) in [6, 6.07) is 11.9. The van der Waals surface area contributed by atoms with Gasteiger partial charge in [0, 0.05) is 22.6 Å². The van der Waals surface area contributed by atoms with Crippen LogP contribution in [0.15, 0.2) is 36.4 Å². The maximum Gasteiger partial charge on any atom is 0.213 e. The number of pyridine rings is 1. The van der Waals surface area contributed by atoms with Crippen LogP contribution in [0.5, 0.6) is 28.9 Å². The summed E-state index contributed by atoms with van der Waals surface area (Å²) >= 11 is 0. The molecule has 0 saturated heterocycles. The van der Waals surface area contributed by atoms with E-state index in [2.05, 4.69) is 4.98 Å². The number of fused-ring (bicyclic) bond motifs is 2. The normalized spacial score (nSPS) is 14.2. The molecule has 2 aromatic carbocycles. The van der Waals surface area contributed by atoms with Gasteiger partial charge in [-0.2, -0.15) is 0 Å². The van der Waals surface area contributed by atoms with Crippen LogP contribution in [0, 0.1) is 5.92 Å². The van der Waals surface area contributed by atoms with Crippen molar-refractivity contribution in [2.24, 2.45) is 5.92 Å². The van der Waals surface area contributed by atoms with Gasteiger partial charge < -0.3 is 24.4 Å². The topological polar surface area (TPSA) is 81.0 Å². The Morgan fingerprint density at radius 1 is 0.900 bits per heavy atom. The lowest BCUT2D eigenvalue weighted by molar-refractivity contribution is 0.260. The van der Waals surface area contributed by atoms with Gasteiger partial charge in [-0.1, -0.05) is 18.2 Å². The van der Waals surface area contributed by atoms with Crippen LogP contribution in [0.1, 0.15) is 30.4 Å². The average molecular weight is 409 g/mol. The van der Waals surface area contributed by atoms with Crippen molar-refractivity contribution in [3.05, 3.63) is 47.5 Å². The molecule has 4 rings (SSSR count). The summed E-state index contributed by atoms with van der Waals surface area (Å²) in [5, 5.41) is 22.4. The molecule has 0 unspecified atom stereocenters. The number of aromatic hydroxyl groups is 2. The van der Waals surface area contributed by atoms with Gasteiger partial charge in [-0.25, -0.2) is 4.98 Å². The molecular formula is C24H27NO5. The number of phenols is 2. The smallest absolute Gasteiger partial charge is 0.213 e. The van der Waals surface area contributed by atoms with Crippen LogP contribution in [0.25, 0.3) is 10.9 Å². The maximum atomic E-state index is 10.6. The highest BCUT2D eigenvalue weighted by atomic mass is 16.5. The van der Waals surface area contributed by atoms with Gasteiger partial charge in [-0.05, 0) is 50.2 Å². The lowest BCUT2D eigenvalue weighted by atomic mass is 9.96. The third kappa shape index (κ3) is 3.82. The molecule has 1 aliphatic carbocycles. The first-order valence-corrected chi connectivity index (χ1v) is 10.3. The standard InChI is InChI=1S/C24H27NO5/c1-28-23-21(26)17-10-7-15(8-11-18(17)22(27)24(23)29-2)13-14-30-20-12-9-16-5-3-4-6-19(16)25-20/h3-6,9,12,15,26-27H,7-8,10-11,13-14H2,1-2H3. The third-order valence-electron chi connectivity index (χ3n) is 5.93. The summed E-state index contributed by atoms with van der Waals surface area (Å²) in [7, 11) is 2.92. The van der Waals surface area contributed by atoms with E-state index in [1.165, 1.54) is 14.2 Å². The summed E-state index contributed by atoms with van der Waals surface area (Å²) in [6.45, 7) is 0.580. The molecule has 6 heteroatoms. The van der Waals surface area contributed by atoms with Crippen LogP contribution in [0.2, 0.25) is 0 Å². The van der Waals surface area contributed by atoms with Crippen molar-refractivity contribution in [2.45, 2.75) is 32.1 Å². The van der Waals surface area contributed by atoms with Crippen LogP contribution in [-0.2, 0) is 12.8 Å². The molecule has 2 N–H and O–H groups in total. The first-order valence-electron chi connectivity index (χ1n) is 10.3. The van der Waals surface area contributed by atoms with E-state index in [1.54, 1.807) is 0 Å². The predicted molar refractivity (Wildman–Crippen MR) is 115 cm³/mol. The van der Waals surface area contributed by atoms with Crippen molar-refractivity contribution in [2.75, 3.05) is 20.8 Å². The van der Waals surface area contributed by atoms with E-state index < -0.39 is 0 Å². The second-order valence-electron chi connectivity index (χ2n) is 7.64. The van der Waals surface area contributed by atoms with Crippen molar-refractivity contribution < 1.29 is 24.4 Å². The first kappa shape index (κ1) is 20.1. The zero-order valence-corrected chi connectivity index (χ0v) is 17.4. The van der Waals surface area contributed by atoms with Gasteiger partial charge in [0.05, 0.1) is 26.3 Å². The van der Waals surface area contributed by atoms with Crippen LogP contribution in [0.4, 0.5) is 0 Å². The lowest BCUT2D eigenvalue weighted by Gasteiger charge is -2.17. The predicted octanol–water partition coefficient (Wildman–Crippen LogP) is 4.63. The van der Waals surface area contributed by atoms with Crippen LogP contribution in [-0.4, -0.2) is 36.0 Å². The highest BCUT2D eigenvalue weighted by Crippen LogP contribution is 2.50. The molecule has 158 valence electrons. The van der Waals surface area contributed by atoms with E-state index in [0.717, 1.165) is 41.3 Å². The number of ether oxygens (including phenoxy) is 3. The highest BCUT2D eigenvalue weighted by Gasteiger charge is 2.28. The van der Waals surface area contributed by atoms with Crippen molar-refractivity contribution in [3.63, 3.8) is 0 Å². The number of phenolic OH excluding ortho intramolecular Hbond substituents is 2. The molecular weight excluding hydrogens is 382 g/mol. The van der Waals surface area contributed by atoms with Crippen molar-refractivity contribution in [1.29, 1.82) is 0 Å². The van der Waals surface area contributed by atoms with E-state index in [-0.39, 0.29) is 23.0 Å². The number of benzene rings is 2. The monoisotopic (exact) mass is 409 g/mol. The summed E-state index contributed by atoms with van der Waals surface area (Å²) in [5.74, 6) is 1.58. The quantitative estimate of drug-likeness (QED) is 0.456. The molecule has 3 aromatic rings. The summed E-state index contributed by atoms with van der Waals surface area (Å²) in [6.07, 6.45) is 4.05. The molecule has 0 fully saturated rings. The van der Waals surface area contributed by atoms with Gasteiger partial charge in [-0.15, -0.1) is 0 Å². The minimum Gasteiger partial charge on any atom is -0.504 e. The first-order chi connectivity index (χ1) is 14.6. The zero-order valence-electron chi connectivity index (χ0n) is 17.4. The molecule has 30 heavy (non-hydrogen) atoms. The molecule has 0 aliphatic heterocycles. The van der Waals surface area contributed by atoms with Gasteiger partial charge in [-0.3, -0.25) is 0 Å². The molecule has 1 aliphatic rings. The fourth-order valence-corrected chi connectivity index (χ4v) is 4.28. The van der Waals surface area contributed by atoms with Crippen LogP contribution < -0.4 is 14.2 Å². The molecule has 0 amide bonds. The Kier molecular flexibility index (Phi) is 5.84. The van der Waals surface area contributed by atoms with E-state index in [1.807, 2.05) is 36.4 Å². The Morgan fingerprint density at radius 3 is 2.17 bits per heavy atom.